The maximum absolute atomic E-state index is 13.2. The number of rotatable bonds is 3. The zero-order valence-corrected chi connectivity index (χ0v) is 11.0. The molecule has 0 radical (unpaired) electrons. The third-order valence-electron chi connectivity index (χ3n) is 2.78. The first-order valence-corrected chi connectivity index (χ1v) is 5.93. The van der Waals surface area contributed by atoms with E-state index in [2.05, 4.69) is 5.10 Å². The smallest absolute Gasteiger partial charge is 0.359 e. The molecule has 0 spiro atoms. The second-order valence-corrected chi connectivity index (χ2v) is 4.09. The summed E-state index contributed by atoms with van der Waals surface area (Å²) in [6.45, 7) is 3.48. The molecule has 1 heterocycles. The number of esters is 1. The summed E-state index contributed by atoms with van der Waals surface area (Å²) in [6.07, 6.45) is 0. The minimum Gasteiger partial charge on any atom is -0.461 e. The highest BCUT2D eigenvalue weighted by Crippen LogP contribution is 2.22. The van der Waals surface area contributed by atoms with Crippen molar-refractivity contribution in [1.29, 1.82) is 0 Å². The Kier molecular flexibility index (Phi) is 3.69. The van der Waals surface area contributed by atoms with Crippen LogP contribution in [0.1, 0.15) is 23.0 Å². The number of carbonyl (C=O) groups is 1. The van der Waals surface area contributed by atoms with Crippen LogP contribution < -0.4 is 5.73 Å². The van der Waals surface area contributed by atoms with Crippen LogP contribution in [0.15, 0.2) is 18.2 Å². The first-order chi connectivity index (χ1) is 9.45. The van der Waals surface area contributed by atoms with Crippen molar-refractivity contribution in [2.45, 2.75) is 13.8 Å². The fraction of sp³-hybridized carbons (Fsp3) is 0.231. The van der Waals surface area contributed by atoms with Crippen LogP contribution in [-0.4, -0.2) is 22.4 Å². The van der Waals surface area contributed by atoms with Gasteiger partial charge >= 0.3 is 5.97 Å². The highest BCUT2D eigenvalue weighted by atomic mass is 19.2. The number of nitrogen functional groups attached to an aromatic ring is 1. The van der Waals surface area contributed by atoms with E-state index in [1.54, 1.807) is 13.8 Å². The number of benzene rings is 1. The first kappa shape index (κ1) is 14.0. The van der Waals surface area contributed by atoms with Gasteiger partial charge in [-0.2, -0.15) is 5.10 Å². The summed E-state index contributed by atoms with van der Waals surface area (Å²) in [7, 11) is 0. The Bertz CT molecular complexity index is 668. The number of halogens is 2. The molecule has 0 unspecified atom stereocenters. The predicted octanol–water partition coefficient (Wildman–Crippen LogP) is 2.22. The minimum atomic E-state index is -1.02. The van der Waals surface area contributed by atoms with E-state index in [9.17, 15) is 13.6 Å². The van der Waals surface area contributed by atoms with Crippen LogP contribution in [0.3, 0.4) is 0 Å². The molecule has 0 aliphatic rings. The van der Waals surface area contributed by atoms with Crippen molar-refractivity contribution in [3.8, 4) is 5.69 Å². The van der Waals surface area contributed by atoms with E-state index in [4.69, 9.17) is 10.5 Å². The number of aromatic nitrogens is 2. The van der Waals surface area contributed by atoms with Crippen LogP contribution in [-0.2, 0) is 4.74 Å². The lowest BCUT2D eigenvalue weighted by Gasteiger charge is -2.04. The van der Waals surface area contributed by atoms with E-state index in [0.717, 1.165) is 12.1 Å². The van der Waals surface area contributed by atoms with Gasteiger partial charge in [-0.15, -0.1) is 0 Å². The minimum absolute atomic E-state index is 0.0501. The average molecular weight is 281 g/mol. The van der Waals surface area contributed by atoms with Crippen molar-refractivity contribution in [2.75, 3.05) is 12.3 Å². The zero-order valence-electron chi connectivity index (χ0n) is 11.0. The van der Waals surface area contributed by atoms with Gasteiger partial charge in [0.25, 0.3) is 0 Å². The van der Waals surface area contributed by atoms with Crippen molar-refractivity contribution in [3.63, 3.8) is 0 Å². The highest BCUT2D eigenvalue weighted by molar-refractivity contribution is 5.90. The molecule has 1 aromatic heterocycles. The normalized spacial score (nSPS) is 10.6. The lowest BCUT2D eigenvalue weighted by molar-refractivity contribution is 0.0518. The van der Waals surface area contributed by atoms with Crippen LogP contribution >= 0.6 is 0 Å². The molecule has 20 heavy (non-hydrogen) atoms. The van der Waals surface area contributed by atoms with Crippen LogP contribution in [0, 0.1) is 18.6 Å². The molecular formula is C13H13F2N3O2. The van der Waals surface area contributed by atoms with E-state index < -0.39 is 17.6 Å². The summed E-state index contributed by atoms with van der Waals surface area (Å²) in [4.78, 5) is 11.7. The third-order valence-corrected chi connectivity index (χ3v) is 2.78. The lowest BCUT2D eigenvalue weighted by Crippen LogP contribution is -2.08. The summed E-state index contributed by atoms with van der Waals surface area (Å²) >= 11 is 0. The molecule has 0 amide bonds. The lowest BCUT2D eigenvalue weighted by atomic mass is 10.2. The molecule has 0 saturated heterocycles. The van der Waals surface area contributed by atoms with Gasteiger partial charge < -0.3 is 10.5 Å². The van der Waals surface area contributed by atoms with Crippen LogP contribution in [0.4, 0.5) is 14.6 Å². The Hall–Kier alpha value is -2.44. The fourth-order valence-corrected chi connectivity index (χ4v) is 1.72. The highest BCUT2D eigenvalue weighted by Gasteiger charge is 2.20. The number of hydrogen-bond donors (Lipinski definition) is 1. The van der Waals surface area contributed by atoms with Crippen LogP contribution in [0.25, 0.3) is 5.69 Å². The first-order valence-electron chi connectivity index (χ1n) is 5.93. The van der Waals surface area contributed by atoms with Gasteiger partial charge in [-0.1, -0.05) is 0 Å². The van der Waals surface area contributed by atoms with Crippen LogP contribution in [0.2, 0.25) is 0 Å². The molecule has 2 aromatic rings. The molecule has 106 valence electrons. The maximum atomic E-state index is 13.2. The van der Waals surface area contributed by atoms with Crippen molar-refractivity contribution in [2.24, 2.45) is 0 Å². The second-order valence-electron chi connectivity index (χ2n) is 4.09. The molecule has 0 bridgehead atoms. The third kappa shape index (κ3) is 2.34. The summed E-state index contributed by atoms with van der Waals surface area (Å²) in [6, 6.07) is 3.23. The maximum Gasteiger partial charge on any atom is 0.359 e. The molecule has 0 atom stereocenters. The quantitative estimate of drug-likeness (QED) is 0.876. The standard InChI is InChI=1S/C13H13F2N3O2/c1-3-20-13(19)11-7(2)12(16)18(17-11)8-4-5-9(14)10(15)6-8/h4-6H,3,16H2,1-2H3. The molecule has 7 heteroatoms. The Labute approximate surface area is 114 Å². The number of hydrogen-bond acceptors (Lipinski definition) is 4. The molecule has 0 aliphatic carbocycles. The van der Waals surface area contributed by atoms with E-state index in [1.807, 2.05) is 0 Å². The Balaban J connectivity index is 2.50. The number of ether oxygens (including phenoxy) is 1. The van der Waals surface area contributed by atoms with Gasteiger partial charge in [0.2, 0.25) is 0 Å². The molecule has 1 aromatic carbocycles. The summed E-state index contributed by atoms with van der Waals surface area (Å²) in [5.74, 6) is -2.44. The van der Waals surface area contributed by atoms with E-state index in [1.165, 1.54) is 10.7 Å². The number of carbonyl (C=O) groups excluding carboxylic acids is 1. The number of anilines is 1. The average Bonchev–Trinajstić information content (AvgIpc) is 2.70. The summed E-state index contributed by atoms with van der Waals surface area (Å²) in [5, 5.41) is 4.00. The Morgan fingerprint density at radius 1 is 1.40 bits per heavy atom. The van der Waals surface area contributed by atoms with Crippen molar-refractivity contribution >= 4 is 11.8 Å². The largest absolute Gasteiger partial charge is 0.461 e. The van der Waals surface area contributed by atoms with Crippen LogP contribution in [0.5, 0.6) is 0 Å². The zero-order chi connectivity index (χ0) is 14.9. The molecule has 2 N–H and O–H groups in total. The Morgan fingerprint density at radius 2 is 2.10 bits per heavy atom. The SMILES string of the molecule is CCOC(=O)c1nn(-c2ccc(F)c(F)c2)c(N)c1C. The molecule has 0 fully saturated rings. The number of nitrogens with zero attached hydrogens (tertiary/aromatic N) is 2. The Morgan fingerprint density at radius 3 is 2.70 bits per heavy atom. The van der Waals surface area contributed by atoms with E-state index >= 15 is 0 Å². The molecule has 5 nitrogen and oxygen atoms in total. The van der Waals surface area contributed by atoms with Crippen molar-refractivity contribution < 1.29 is 18.3 Å². The predicted molar refractivity (Wildman–Crippen MR) is 68.6 cm³/mol. The number of nitrogens with two attached hydrogens (primary N) is 1. The second kappa shape index (κ2) is 5.28. The van der Waals surface area contributed by atoms with Gasteiger partial charge in [-0.3, -0.25) is 0 Å². The van der Waals surface area contributed by atoms with Crippen molar-refractivity contribution in [1.82, 2.24) is 9.78 Å². The topological polar surface area (TPSA) is 70.1 Å². The van der Waals surface area contributed by atoms with Gasteiger partial charge in [0.15, 0.2) is 17.3 Å². The van der Waals surface area contributed by atoms with E-state index in [0.29, 0.717) is 5.56 Å². The van der Waals surface area contributed by atoms with Gasteiger partial charge in [0.05, 0.1) is 12.3 Å². The molecule has 2 rings (SSSR count). The van der Waals surface area contributed by atoms with Gasteiger partial charge in [-0.25, -0.2) is 18.3 Å². The van der Waals surface area contributed by atoms with Gasteiger partial charge in [0.1, 0.15) is 5.82 Å². The fourth-order valence-electron chi connectivity index (χ4n) is 1.72. The molecule has 0 saturated carbocycles. The van der Waals surface area contributed by atoms with Gasteiger partial charge in [-0.05, 0) is 26.0 Å². The van der Waals surface area contributed by atoms with Crippen molar-refractivity contribution in [3.05, 3.63) is 41.1 Å². The monoisotopic (exact) mass is 281 g/mol. The van der Waals surface area contributed by atoms with Gasteiger partial charge in [0, 0.05) is 11.6 Å². The molecule has 0 aliphatic heterocycles. The summed E-state index contributed by atoms with van der Waals surface area (Å²) < 4.78 is 32.2. The van der Waals surface area contributed by atoms with E-state index in [-0.39, 0.29) is 23.8 Å². The summed E-state index contributed by atoms with van der Waals surface area (Å²) in [5.41, 5.74) is 6.53. The molecular weight excluding hydrogens is 268 g/mol.